The van der Waals surface area contributed by atoms with Gasteiger partial charge in [0.15, 0.2) is 11.5 Å². The van der Waals surface area contributed by atoms with Crippen molar-refractivity contribution in [3.63, 3.8) is 0 Å². The smallest absolute Gasteiger partial charge is 0.161 e. The molecule has 0 spiro atoms. The predicted octanol–water partition coefficient (Wildman–Crippen LogP) is 4.86. The van der Waals surface area contributed by atoms with E-state index in [9.17, 15) is 0 Å². The van der Waals surface area contributed by atoms with E-state index in [2.05, 4.69) is 51.2 Å². The van der Waals surface area contributed by atoms with Gasteiger partial charge in [0.2, 0.25) is 0 Å². The van der Waals surface area contributed by atoms with Crippen molar-refractivity contribution in [3.05, 3.63) is 59.2 Å². The van der Waals surface area contributed by atoms with E-state index in [1.165, 1.54) is 16.7 Å². The van der Waals surface area contributed by atoms with Crippen molar-refractivity contribution in [2.75, 3.05) is 7.11 Å². The lowest BCUT2D eigenvalue weighted by atomic mass is 10.0. The van der Waals surface area contributed by atoms with E-state index in [0.29, 0.717) is 6.61 Å². The lowest BCUT2D eigenvalue weighted by Gasteiger charge is -2.24. The maximum atomic E-state index is 5.97. The Kier molecular flexibility index (Phi) is 6.27. The molecule has 3 heteroatoms. The highest BCUT2D eigenvalue weighted by Crippen LogP contribution is 2.29. The fourth-order valence-corrected chi connectivity index (χ4v) is 2.34. The molecule has 0 aromatic heterocycles. The van der Waals surface area contributed by atoms with Crippen LogP contribution in [0, 0.1) is 6.92 Å². The lowest BCUT2D eigenvalue weighted by molar-refractivity contribution is 0.283. The van der Waals surface area contributed by atoms with Gasteiger partial charge in [-0.3, -0.25) is 0 Å². The number of ether oxygens (including phenoxy) is 2. The summed E-state index contributed by atoms with van der Waals surface area (Å²) in [5.74, 6) is 1.55. The van der Waals surface area contributed by atoms with E-state index in [1.54, 1.807) is 7.11 Å². The van der Waals surface area contributed by atoms with E-state index in [1.807, 2.05) is 24.3 Å². The highest BCUT2D eigenvalue weighted by atomic mass is 16.5. The van der Waals surface area contributed by atoms with Gasteiger partial charge in [-0.25, -0.2) is 0 Å². The Bertz CT molecular complexity index is 665. The molecule has 2 rings (SSSR count). The van der Waals surface area contributed by atoms with Gasteiger partial charge in [0, 0.05) is 12.1 Å². The molecule has 0 unspecified atom stereocenters. The summed E-state index contributed by atoms with van der Waals surface area (Å²) in [5, 5.41) is 3.56. The molecule has 0 aliphatic rings. The molecule has 24 heavy (non-hydrogen) atoms. The summed E-state index contributed by atoms with van der Waals surface area (Å²) in [6, 6.07) is 14.4. The fourth-order valence-electron chi connectivity index (χ4n) is 2.34. The Labute approximate surface area is 146 Å². The van der Waals surface area contributed by atoms with Crippen LogP contribution in [0.1, 0.15) is 43.9 Å². The van der Waals surface area contributed by atoms with Crippen LogP contribution in [0.5, 0.6) is 11.5 Å². The highest BCUT2D eigenvalue weighted by Gasteiger charge is 2.14. The summed E-state index contributed by atoms with van der Waals surface area (Å²) in [7, 11) is 1.68. The minimum absolute atomic E-state index is 0.132. The van der Waals surface area contributed by atoms with Gasteiger partial charge in [0.05, 0.1) is 7.11 Å². The van der Waals surface area contributed by atoms with Gasteiger partial charge in [-0.2, -0.15) is 0 Å². The summed E-state index contributed by atoms with van der Waals surface area (Å²) in [4.78, 5) is 0. The largest absolute Gasteiger partial charge is 0.493 e. The second-order valence-electron chi connectivity index (χ2n) is 6.79. The van der Waals surface area contributed by atoms with Crippen LogP contribution in [0.2, 0.25) is 0 Å². The number of aryl methyl sites for hydroxylation is 1. The third-order valence-corrected chi connectivity index (χ3v) is 4.53. The van der Waals surface area contributed by atoms with Crippen molar-refractivity contribution in [1.29, 1.82) is 0 Å². The van der Waals surface area contributed by atoms with Crippen LogP contribution in [-0.2, 0) is 13.2 Å². The van der Waals surface area contributed by atoms with Crippen LogP contribution in [-0.4, -0.2) is 12.6 Å². The van der Waals surface area contributed by atoms with Crippen molar-refractivity contribution in [3.8, 4) is 11.5 Å². The van der Waals surface area contributed by atoms with Gasteiger partial charge in [0.25, 0.3) is 0 Å². The quantitative estimate of drug-likeness (QED) is 0.751. The number of methoxy groups -OCH3 is 1. The average molecular weight is 327 g/mol. The number of nitrogens with one attached hydrogen (secondary N) is 1. The molecule has 0 heterocycles. The first-order valence-corrected chi connectivity index (χ1v) is 8.54. The van der Waals surface area contributed by atoms with E-state index < -0.39 is 0 Å². The molecule has 0 saturated carbocycles. The minimum atomic E-state index is 0.132. The molecule has 2 aromatic carbocycles. The van der Waals surface area contributed by atoms with Gasteiger partial charge >= 0.3 is 0 Å². The zero-order valence-electron chi connectivity index (χ0n) is 15.5. The van der Waals surface area contributed by atoms with Gasteiger partial charge < -0.3 is 14.8 Å². The van der Waals surface area contributed by atoms with Gasteiger partial charge in [-0.05, 0) is 56.0 Å². The molecule has 0 aliphatic carbocycles. The molecule has 1 N–H and O–H groups in total. The molecular formula is C21H29NO2. The van der Waals surface area contributed by atoms with E-state index in [4.69, 9.17) is 9.47 Å². The fraction of sp³-hybridized carbons (Fsp3) is 0.429. The van der Waals surface area contributed by atoms with Crippen LogP contribution in [0.15, 0.2) is 42.5 Å². The number of hydrogen-bond acceptors (Lipinski definition) is 3. The Morgan fingerprint density at radius 1 is 1.04 bits per heavy atom. The zero-order valence-corrected chi connectivity index (χ0v) is 15.5. The molecule has 0 aliphatic heterocycles. The van der Waals surface area contributed by atoms with Gasteiger partial charge in [-0.15, -0.1) is 0 Å². The summed E-state index contributed by atoms with van der Waals surface area (Å²) < 4.78 is 11.5. The maximum absolute atomic E-state index is 5.97. The zero-order chi connectivity index (χ0) is 17.6. The number of rotatable bonds is 8. The van der Waals surface area contributed by atoms with Crippen LogP contribution in [0.25, 0.3) is 0 Å². The van der Waals surface area contributed by atoms with Crippen molar-refractivity contribution < 1.29 is 9.47 Å². The highest BCUT2D eigenvalue weighted by molar-refractivity contribution is 5.43. The van der Waals surface area contributed by atoms with Gasteiger partial charge in [0.1, 0.15) is 6.61 Å². The normalized spacial score (nSPS) is 11.4. The summed E-state index contributed by atoms with van der Waals surface area (Å²) in [6.07, 6.45) is 1.09. The molecular weight excluding hydrogens is 298 g/mol. The van der Waals surface area contributed by atoms with Crippen molar-refractivity contribution >= 4 is 0 Å². The Morgan fingerprint density at radius 3 is 2.46 bits per heavy atom. The minimum Gasteiger partial charge on any atom is -0.493 e. The van der Waals surface area contributed by atoms with E-state index in [-0.39, 0.29) is 5.54 Å². The summed E-state index contributed by atoms with van der Waals surface area (Å²) in [5.41, 5.74) is 3.75. The first-order chi connectivity index (χ1) is 11.4. The Hall–Kier alpha value is -2.00. The monoisotopic (exact) mass is 327 g/mol. The molecule has 0 radical (unpaired) electrons. The lowest BCUT2D eigenvalue weighted by Crippen LogP contribution is -2.37. The molecule has 2 aromatic rings. The van der Waals surface area contributed by atoms with E-state index in [0.717, 1.165) is 24.5 Å². The Morgan fingerprint density at radius 2 is 1.79 bits per heavy atom. The second kappa shape index (κ2) is 8.20. The third-order valence-electron chi connectivity index (χ3n) is 4.53. The summed E-state index contributed by atoms with van der Waals surface area (Å²) >= 11 is 0. The van der Waals surface area contributed by atoms with Crippen LogP contribution >= 0.6 is 0 Å². The average Bonchev–Trinajstić information content (AvgIpc) is 2.59. The molecule has 0 amide bonds. The first-order valence-electron chi connectivity index (χ1n) is 8.54. The van der Waals surface area contributed by atoms with Crippen molar-refractivity contribution in [1.82, 2.24) is 5.32 Å². The maximum Gasteiger partial charge on any atom is 0.161 e. The molecule has 3 nitrogen and oxygen atoms in total. The number of hydrogen-bond donors (Lipinski definition) is 1. The van der Waals surface area contributed by atoms with Crippen molar-refractivity contribution in [2.24, 2.45) is 0 Å². The molecule has 130 valence electrons. The second-order valence-corrected chi connectivity index (χ2v) is 6.79. The number of benzene rings is 2. The van der Waals surface area contributed by atoms with Crippen LogP contribution < -0.4 is 14.8 Å². The van der Waals surface area contributed by atoms with Crippen molar-refractivity contribution in [2.45, 2.75) is 52.8 Å². The third kappa shape index (κ3) is 5.00. The SMILES string of the molecule is CCC(C)(C)NCc1ccc(OCc2ccccc2C)c(OC)c1. The summed E-state index contributed by atoms with van der Waals surface area (Å²) in [6.45, 7) is 10.1. The molecule has 0 fully saturated rings. The van der Waals surface area contributed by atoms with Gasteiger partial charge in [-0.1, -0.05) is 37.3 Å². The Balaban J connectivity index is 2.05. The topological polar surface area (TPSA) is 30.5 Å². The van der Waals surface area contributed by atoms with Crippen LogP contribution in [0.3, 0.4) is 0 Å². The first kappa shape index (κ1) is 18.3. The molecule has 0 bridgehead atoms. The van der Waals surface area contributed by atoms with Crippen LogP contribution in [0.4, 0.5) is 0 Å². The standard InChI is InChI=1S/C21H29NO2/c1-6-21(3,4)22-14-17-11-12-19(20(13-17)23-5)24-15-18-10-8-7-9-16(18)2/h7-13,22H,6,14-15H2,1-5H3. The van der Waals surface area contributed by atoms with E-state index >= 15 is 0 Å². The molecule has 0 atom stereocenters. The molecule has 0 saturated heterocycles. The predicted molar refractivity (Wildman–Crippen MR) is 99.7 cm³/mol.